The van der Waals surface area contributed by atoms with Gasteiger partial charge in [0, 0.05) is 38.3 Å². The van der Waals surface area contributed by atoms with Gasteiger partial charge in [0.1, 0.15) is 0 Å². The third kappa shape index (κ3) is 2.95. The number of pyridine rings is 1. The van der Waals surface area contributed by atoms with E-state index in [4.69, 9.17) is 10.5 Å². The molecule has 1 unspecified atom stereocenters. The van der Waals surface area contributed by atoms with Gasteiger partial charge in [-0.1, -0.05) is 0 Å². The molecule has 2 aliphatic rings. The number of rotatable bonds is 3. The summed E-state index contributed by atoms with van der Waals surface area (Å²) in [6.07, 6.45) is 3.19. The van der Waals surface area contributed by atoms with Gasteiger partial charge >= 0.3 is 0 Å². The van der Waals surface area contributed by atoms with Crippen LogP contribution in [0.15, 0.2) is 18.3 Å². The minimum atomic E-state index is 0.00345. The van der Waals surface area contributed by atoms with Crippen LogP contribution in [0.1, 0.15) is 25.1 Å². The molecule has 20 heavy (non-hydrogen) atoms. The number of nitrogens with two attached hydrogens (primary N) is 1. The Morgan fingerprint density at radius 1 is 1.30 bits per heavy atom. The molecule has 3 rings (SSSR count). The fourth-order valence-corrected chi connectivity index (χ4v) is 3.07. The molecule has 5 heteroatoms. The van der Waals surface area contributed by atoms with Gasteiger partial charge < -0.3 is 15.4 Å². The van der Waals surface area contributed by atoms with Crippen molar-refractivity contribution in [1.29, 1.82) is 0 Å². The van der Waals surface area contributed by atoms with Crippen LogP contribution in [0.25, 0.3) is 0 Å². The molecule has 0 bridgehead atoms. The molecule has 0 radical (unpaired) electrons. The first kappa shape index (κ1) is 13.8. The van der Waals surface area contributed by atoms with E-state index in [-0.39, 0.29) is 6.04 Å². The predicted molar refractivity (Wildman–Crippen MR) is 79.8 cm³/mol. The first-order valence-corrected chi connectivity index (χ1v) is 7.52. The lowest BCUT2D eigenvalue weighted by Crippen LogP contribution is -2.44. The Labute approximate surface area is 120 Å². The summed E-state index contributed by atoms with van der Waals surface area (Å²) in [6.45, 7) is 8.07. The Morgan fingerprint density at radius 2 is 2.10 bits per heavy atom. The highest BCUT2D eigenvalue weighted by atomic mass is 16.5. The number of anilines is 1. The lowest BCUT2D eigenvalue weighted by Gasteiger charge is -2.32. The Balaban J connectivity index is 1.61. The Bertz CT molecular complexity index is 428. The molecule has 1 aromatic rings. The zero-order valence-electron chi connectivity index (χ0n) is 12.2. The number of hydrogen-bond acceptors (Lipinski definition) is 5. The minimum absolute atomic E-state index is 0.00345. The molecule has 2 saturated heterocycles. The van der Waals surface area contributed by atoms with Gasteiger partial charge in [-0.3, -0.25) is 9.88 Å². The number of hydrogen-bond donors (Lipinski definition) is 1. The van der Waals surface area contributed by atoms with Gasteiger partial charge in [-0.15, -0.1) is 0 Å². The topological polar surface area (TPSA) is 54.6 Å². The highest BCUT2D eigenvalue weighted by Gasteiger charge is 2.28. The van der Waals surface area contributed by atoms with E-state index in [0.29, 0.717) is 6.04 Å². The molecule has 2 atom stereocenters. The van der Waals surface area contributed by atoms with E-state index in [9.17, 15) is 0 Å². The Hall–Kier alpha value is -1.17. The van der Waals surface area contributed by atoms with Crippen molar-refractivity contribution in [2.75, 3.05) is 44.3 Å². The molecule has 3 heterocycles. The summed E-state index contributed by atoms with van der Waals surface area (Å²) in [4.78, 5) is 9.45. The number of ether oxygens (including phenoxy) is 1. The van der Waals surface area contributed by atoms with E-state index in [1.165, 1.54) is 12.1 Å². The molecule has 2 aliphatic heterocycles. The average molecular weight is 276 g/mol. The zero-order valence-corrected chi connectivity index (χ0v) is 12.2. The van der Waals surface area contributed by atoms with Gasteiger partial charge in [-0.05, 0) is 25.5 Å². The van der Waals surface area contributed by atoms with Gasteiger partial charge in [0.05, 0.1) is 30.8 Å². The maximum absolute atomic E-state index is 5.84. The largest absolute Gasteiger partial charge is 0.379 e. The van der Waals surface area contributed by atoms with Crippen LogP contribution >= 0.6 is 0 Å². The van der Waals surface area contributed by atoms with E-state index in [1.807, 2.05) is 19.2 Å². The third-order valence-electron chi connectivity index (χ3n) is 4.33. The van der Waals surface area contributed by atoms with Gasteiger partial charge in [0.15, 0.2) is 0 Å². The predicted octanol–water partition coefficient (Wildman–Crippen LogP) is 1.01. The molecule has 2 N–H and O–H groups in total. The molecule has 110 valence electrons. The Kier molecular flexibility index (Phi) is 4.19. The van der Waals surface area contributed by atoms with Crippen molar-refractivity contribution in [3.8, 4) is 0 Å². The maximum Gasteiger partial charge on any atom is 0.0594 e. The number of nitrogens with zero attached hydrogens (tertiary/aromatic N) is 3. The number of morpholine rings is 1. The molecule has 1 aromatic heterocycles. The van der Waals surface area contributed by atoms with Gasteiger partial charge in [-0.25, -0.2) is 0 Å². The third-order valence-corrected chi connectivity index (χ3v) is 4.33. The van der Waals surface area contributed by atoms with Crippen LogP contribution < -0.4 is 10.6 Å². The standard InChI is InChI=1S/C15H24N4O/c1-12(16)15-3-2-13(10-17-15)19-5-4-14(11-19)18-6-8-20-9-7-18/h2-3,10,12,14H,4-9,11,16H2,1H3/t12-,14?/m0/s1. The summed E-state index contributed by atoms with van der Waals surface area (Å²) in [7, 11) is 0. The first-order valence-electron chi connectivity index (χ1n) is 7.52. The van der Waals surface area contributed by atoms with Crippen LogP contribution in [0.3, 0.4) is 0 Å². The maximum atomic E-state index is 5.84. The lowest BCUT2D eigenvalue weighted by molar-refractivity contribution is 0.0209. The van der Waals surface area contributed by atoms with E-state index in [2.05, 4.69) is 20.9 Å². The fourth-order valence-electron chi connectivity index (χ4n) is 3.07. The van der Waals surface area contributed by atoms with Crippen LogP contribution in [-0.2, 0) is 4.74 Å². The van der Waals surface area contributed by atoms with Crippen molar-refractivity contribution in [1.82, 2.24) is 9.88 Å². The Morgan fingerprint density at radius 3 is 2.75 bits per heavy atom. The molecule has 0 amide bonds. The van der Waals surface area contributed by atoms with Gasteiger partial charge in [-0.2, -0.15) is 0 Å². The quantitative estimate of drug-likeness (QED) is 0.893. The zero-order chi connectivity index (χ0) is 13.9. The molecular weight excluding hydrogens is 252 g/mol. The highest BCUT2D eigenvalue weighted by molar-refractivity contribution is 5.46. The summed E-state index contributed by atoms with van der Waals surface area (Å²) >= 11 is 0. The van der Waals surface area contributed by atoms with Crippen molar-refractivity contribution < 1.29 is 4.74 Å². The second kappa shape index (κ2) is 6.08. The van der Waals surface area contributed by atoms with Gasteiger partial charge in [0.25, 0.3) is 0 Å². The molecule has 5 nitrogen and oxygen atoms in total. The smallest absolute Gasteiger partial charge is 0.0594 e. The summed E-state index contributed by atoms with van der Waals surface area (Å²) in [5, 5.41) is 0. The van der Waals surface area contributed by atoms with E-state index in [1.54, 1.807) is 0 Å². The lowest BCUT2D eigenvalue weighted by atomic mass is 10.2. The normalized spacial score (nSPS) is 25.9. The second-order valence-electron chi connectivity index (χ2n) is 5.77. The number of aromatic nitrogens is 1. The average Bonchev–Trinajstić information content (AvgIpc) is 2.98. The molecule has 2 fully saturated rings. The van der Waals surface area contributed by atoms with Crippen LogP contribution in [0, 0.1) is 0 Å². The van der Waals surface area contributed by atoms with Crippen molar-refractivity contribution in [2.45, 2.75) is 25.4 Å². The minimum Gasteiger partial charge on any atom is -0.379 e. The molecule has 0 spiro atoms. The molecule has 0 saturated carbocycles. The summed E-state index contributed by atoms with van der Waals surface area (Å²) in [5.74, 6) is 0. The van der Waals surface area contributed by atoms with Crippen molar-refractivity contribution in [3.05, 3.63) is 24.0 Å². The van der Waals surface area contributed by atoms with Crippen LogP contribution in [-0.4, -0.2) is 55.3 Å². The fraction of sp³-hybridized carbons (Fsp3) is 0.667. The van der Waals surface area contributed by atoms with Crippen molar-refractivity contribution >= 4 is 5.69 Å². The molecular formula is C15H24N4O. The van der Waals surface area contributed by atoms with E-state index < -0.39 is 0 Å². The van der Waals surface area contributed by atoms with E-state index >= 15 is 0 Å². The van der Waals surface area contributed by atoms with Crippen LogP contribution in [0.2, 0.25) is 0 Å². The monoisotopic (exact) mass is 276 g/mol. The van der Waals surface area contributed by atoms with Crippen LogP contribution in [0.4, 0.5) is 5.69 Å². The van der Waals surface area contributed by atoms with Crippen LogP contribution in [0.5, 0.6) is 0 Å². The SMILES string of the molecule is C[C@H](N)c1ccc(N2CCC(N3CCOCC3)C2)cn1. The van der Waals surface area contributed by atoms with Crippen molar-refractivity contribution in [2.24, 2.45) is 5.73 Å². The second-order valence-corrected chi connectivity index (χ2v) is 5.77. The molecule has 0 aromatic carbocycles. The highest BCUT2D eigenvalue weighted by Crippen LogP contribution is 2.23. The van der Waals surface area contributed by atoms with E-state index in [0.717, 1.165) is 45.1 Å². The first-order chi connectivity index (χ1) is 9.74. The summed E-state index contributed by atoms with van der Waals surface area (Å²) in [6, 6.07) is 4.85. The summed E-state index contributed by atoms with van der Waals surface area (Å²) < 4.78 is 5.43. The van der Waals surface area contributed by atoms with Crippen molar-refractivity contribution in [3.63, 3.8) is 0 Å². The van der Waals surface area contributed by atoms with Gasteiger partial charge in [0.2, 0.25) is 0 Å². The summed E-state index contributed by atoms with van der Waals surface area (Å²) in [5.41, 5.74) is 8.01. The molecule has 0 aliphatic carbocycles.